The lowest BCUT2D eigenvalue weighted by Gasteiger charge is -2.14. The number of amides is 1. The summed E-state index contributed by atoms with van der Waals surface area (Å²) in [5.41, 5.74) is 7.34. The highest BCUT2D eigenvalue weighted by molar-refractivity contribution is 5.79. The highest BCUT2D eigenvalue weighted by Gasteiger charge is 2.28. The van der Waals surface area contributed by atoms with Crippen LogP contribution in [0.2, 0.25) is 0 Å². The zero-order valence-electron chi connectivity index (χ0n) is 16.6. The Morgan fingerprint density at radius 1 is 0.931 bits per heavy atom. The quantitative estimate of drug-likeness (QED) is 0.584. The maximum Gasteiger partial charge on any atom is 0.407 e. The molecule has 0 radical (unpaired) electrons. The molecule has 1 aliphatic rings. The number of ether oxygens (including phenoxy) is 1. The van der Waals surface area contributed by atoms with Gasteiger partial charge in [0.05, 0.1) is 0 Å². The number of aryl methyl sites for hydroxylation is 1. The van der Waals surface area contributed by atoms with Gasteiger partial charge in [-0.25, -0.2) is 4.79 Å². The molecule has 0 fully saturated rings. The molecule has 0 spiro atoms. The van der Waals surface area contributed by atoms with Crippen molar-refractivity contribution in [3.05, 3.63) is 101 Å². The number of carbonyl (C=O) groups is 1. The molecule has 1 N–H and O–H groups in total. The number of nitrogens with one attached hydrogen (secondary N) is 1. The number of carbonyl (C=O) groups excluding carboxylic acids is 1. The van der Waals surface area contributed by atoms with Gasteiger partial charge in [-0.3, -0.25) is 0 Å². The van der Waals surface area contributed by atoms with E-state index in [1.165, 1.54) is 27.8 Å². The molecule has 0 heterocycles. The largest absolute Gasteiger partial charge is 0.449 e. The lowest BCUT2D eigenvalue weighted by molar-refractivity contribution is 0.144. The van der Waals surface area contributed by atoms with E-state index in [0.29, 0.717) is 13.2 Å². The first-order chi connectivity index (χ1) is 14.3. The molecule has 0 aromatic heterocycles. The summed E-state index contributed by atoms with van der Waals surface area (Å²) < 4.78 is 5.54. The zero-order chi connectivity index (χ0) is 20.1. The molecule has 1 aliphatic carbocycles. The minimum atomic E-state index is -0.391. The van der Waals surface area contributed by atoms with Crippen LogP contribution < -0.4 is 5.32 Å². The molecule has 0 unspecified atom stereocenters. The molecule has 3 aromatic rings. The molecule has 1 amide bonds. The molecule has 3 nitrogen and oxygen atoms in total. The van der Waals surface area contributed by atoms with Crippen molar-refractivity contribution in [1.82, 2.24) is 5.32 Å². The number of fused-ring (bicyclic) bond motifs is 3. The molecule has 3 heteroatoms. The van der Waals surface area contributed by atoms with E-state index < -0.39 is 6.09 Å². The summed E-state index contributed by atoms with van der Waals surface area (Å²) in [5, 5.41) is 2.80. The van der Waals surface area contributed by atoms with Crippen molar-refractivity contribution in [2.24, 2.45) is 0 Å². The summed E-state index contributed by atoms with van der Waals surface area (Å²) in [4.78, 5) is 12.2. The number of benzene rings is 3. The van der Waals surface area contributed by atoms with Crippen molar-refractivity contribution in [3.63, 3.8) is 0 Å². The Balaban J connectivity index is 1.31. The molecular formula is C26H25NO2. The van der Waals surface area contributed by atoms with Gasteiger partial charge in [-0.05, 0) is 39.8 Å². The standard InChI is InChI=1S/C26H25NO2/c1-2-19-13-15-20(16-14-19)8-7-17-27-26(28)29-18-25-23-11-5-3-9-21(23)22-10-4-6-12-24(22)25/h3-16,25H,2,17-18H2,1H3,(H,27,28). The Labute approximate surface area is 172 Å². The first kappa shape index (κ1) is 19.0. The second-order valence-electron chi connectivity index (χ2n) is 7.20. The van der Waals surface area contributed by atoms with Gasteiger partial charge >= 0.3 is 6.09 Å². The predicted molar refractivity (Wildman–Crippen MR) is 118 cm³/mol. The molecule has 146 valence electrons. The van der Waals surface area contributed by atoms with Crippen LogP contribution in [-0.2, 0) is 11.2 Å². The fourth-order valence-corrected chi connectivity index (χ4v) is 3.85. The van der Waals surface area contributed by atoms with Crippen molar-refractivity contribution in [1.29, 1.82) is 0 Å². The number of hydrogen-bond donors (Lipinski definition) is 1. The Morgan fingerprint density at radius 2 is 1.55 bits per heavy atom. The molecule has 0 saturated carbocycles. The van der Waals surface area contributed by atoms with Crippen LogP contribution in [0, 0.1) is 0 Å². The first-order valence-electron chi connectivity index (χ1n) is 10.1. The van der Waals surface area contributed by atoms with Crippen molar-refractivity contribution >= 4 is 12.2 Å². The molecule has 0 bridgehead atoms. The Hall–Kier alpha value is -3.33. The first-order valence-corrected chi connectivity index (χ1v) is 10.1. The van der Waals surface area contributed by atoms with Gasteiger partial charge in [0.2, 0.25) is 0 Å². The van der Waals surface area contributed by atoms with Crippen molar-refractivity contribution in [2.75, 3.05) is 13.2 Å². The van der Waals surface area contributed by atoms with E-state index in [1.807, 2.05) is 36.4 Å². The summed E-state index contributed by atoms with van der Waals surface area (Å²) in [6, 6.07) is 25.1. The summed E-state index contributed by atoms with van der Waals surface area (Å²) in [5.74, 6) is 0.0840. The third kappa shape index (κ3) is 4.24. The normalized spacial score (nSPS) is 12.6. The highest BCUT2D eigenvalue weighted by Crippen LogP contribution is 2.44. The Kier molecular flexibility index (Phi) is 5.76. The lowest BCUT2D eigenvalue weighted by atomic mass is 9.98. The van der Waals surface area contributed by atoms with Crippen molar-refractivity contribution in [3.8, 4) is 11.1 Å². The van der Waals surface area contributed by atoms with Crippen LogP contribution in [0.15, 0.2) is 78.9 Å². The molecule has 3 aromatic carbocycles. The second-order valence-corrected chi connectivity index (χ2v) is 7.20. The number of alkyl carbamates (subject to hydrolysis) is 1. The van der Waals surface area contributed by atoms with Crippen LogP contribution in [-0.4, -0.2) is 19.2 Å². The van der Waals surface area contributed by atoms with Crippen molar-refractivity contribution < 1.29 is 9.53 Å². The van der Waals surface area contributed by atoms with Crippen LogP contribution in [0.1, 0.15) is 35.1 Å². The predicted octanol–water partition coefficient (Wildman–Crippen LogP) is 5.80. The molecular weight excluding hydrogens is 358 g/mol. The molecule has 0 aliphatic heterocycles. The van der Waals surface area contributed by atoms with Crippen LogP contribution in [0.5, 0.6) is 0 Å². The van der Waals surface area contributed by atoms with Gasteiger partial charge in [-0.1, -0.05) is 91.9 Å². The van der Waals surface area contributed by atoms with Gasteiger partial charge in [-0.2, -0.15) is 0 Å². The average molecular weight is 383 g/mol. The van der Waals surface area contributed by atoms with Gasteiger partial charge in [0, 0.05) is 12.5 Å². The van der Waals surface area contributed by atoms with E-state index in [2.05, 4.69) is 60.8 Å². The van der Waals surface area contributed by atoms with Crippen LogP contribution >= 0.6 is 0 Å². The van der Waals surface area contributed by atoms with E-state index in [9.17, 15) is 4.79 Å². The van der Waals surface area contributed by atoms with Gasteiger partial charge in [0.25, 0.3) is 0 Å². The fourth-order valence-electron chi connectivity index (χ4n) is 3.85. The third-order valence-corrected chi connectivity index (χ3v) is 5.41. The Morgan fingerprint density at radius 3 is 2.17 bits per heavy atom. The van der Waals surface area contributed by atoms with Gasteiger partial charge in [-0.15, -0.1) is 0 Å². The second kappa shape index (κ2) is 8.78. The maximum atomic E-state index is 12.2. The summed E-state index contributed by atoms with van der Waals surface area (Å²) in [6.45, 7) is 2.91. The summed E-state index contributed by atoms with van der Waals surface area (Å²) >= 11 is 0. The minimum absolute atomic E-state index is 0.0840. The van der Waals surface area contributed by atoms with E-state index in [4.69, 9.17) is 4.74 Å². The molecule has 0 saturated heterocycles. The van der Waals surface area contributed by atoms with Crippen molar-refractivity contribution in [2.45, 2.75) is 19.3 Å². The van der Waals surface area contributed by atoms with E-state index in [0.717, 1.165) is 12.0 Å². The molecule has 4 rings (SSSR count). The number of hydrogen-bond acceptors (Lipinski definition) is 2. The lowest BCUT2D eigenvalue weighted by Crippen LogP contribution is -2.26. The van der Waals surface area contributed by atoms with Gasteiger partial charge in [0.1, 0.15) is 6.61 Å². The van der Waals surface area contributed by atoms with Gasteiger partial charge < -0.3 is 10.1 Å². The zero-order valence-corrected chi connectivity index (χ0v) is 16.6. The van der Waals surface area contributed by atoms with E-state index in [1.54, 1.807) is 0 Å². The third-order valence-electron chi connectivity index (χ3n) is 5.41. The van der Waals surface area contributed by atoms with E-state index >= 15 is 0 Å². The van der Waals surface area contributed by atoms with Crippen LogP contribution in [0.25, 0.3) is 17.2 Å². The average Bonchev–Trinajstić information content (AvgIpc) is 3.09. The smallest absolute Gasteiger partial charge is 0.407 e. The SMILES string of the molecule is CCc1ccc(C=CCNC(=O)OCC2c3ccccc3-c3ccccc32)cc1. The van der Waals surface area contributed by atoms with Gasteiger partial charge in [0.15, 0.2) is 0 Å². The number of rotatable bonds is 6. The maximum absolute atomic E-state index is 12.2. The Bertz CT molecular complexity index is 975. The van der Waals surface area contributed by atoms with E-state index in [-0.39, 0.29) is 5.92 Å². The van der Waals surface area contributed by atoms with Crippen LogP contribution in [0.4, 0.5) is 4.79 Å². The monoisotopic (exact) mass is 383 g/mol. The van der Waals surface area contributed by atoms with Crippen LogP contribution in [0.3, 0.4) is 0 Å². The summed E-state index contributed by atoms with van der Waals surface area (Å²) in [6.07, 6.45) is 4.58. The molecule has 0 atom stereocenters. The molecule has 29 heavy (non-hydrogen) atoms. The minimum Gasteiger partial charge on any atom is -0.449 e. The summed E-state index contributed by atoms with van der Waals surface area (Å²) in [7, 11) is 0. The highest BCUT2D eigenvalue weighted by atomic mass is 16.5. The topological polar surface area (TPSA) is 38.3 Å². The fraction of sp³-hybridized carbons (Fsp3) is 0.192.